The van der Waals surface area contributed by atoms with Crippen LogP contribution in [-0.4, -0.2) is 61.7 Å². The average molecular weight is 579 g/mol. The van der Waals surface area contributed by atoms with Crippen molar-refractivity contribution < 1.29 is 19.5 Å². The van der Waals surface area contributed by atoms with Gasteiger partial charge in [0.2, 0.25) is 17.7 Å². The molecule has 3 heterocycles. The number of para-hydroxylation sites is 2. The lowest BCUT2D eigenvalue weighted by Crippen LogP contribution is -2.52. The summed E-state index contributed by atoms with van der Waals surface area (Å²) in [6.45, 7) is 0.133. The van der Waals surface area contributed by atoms with Gasteiger partial charge in [0.1, 0.15) is 6.04 Å². The predicted octanol–water partition coefficient (Wildman–Crippen LogP) is 3.76. The molecule has 184 valence electrons. The highest BCUT2D eigenvalue weighted by atomic mass is 79.9. The van der Waals surface area contributed by atoms with Gasteiger partial charge in [0.15, 0.2) is 0 Å². The zero-order valence-electron chi connectivity index (χ0n) is 18.7. The molecule has 0 aromatic heterocycles. The highest BCUT2D eigenvalue weighted by Crippen LogP contribution is 2.67. The van der Waals surface area contributed by atoms with Crippen LogP contribution in [0.5, 0.6) is 0 Å². The lowest BCUT2D eigenvalue weighted by atomic mass is 9.70. The van der Waals surface area contributed by atoms with Gasteiger partial charge in [-0.05, 0) is 37.1 Å². The summed E-state index contributed by atoms with van der Waals surface area (Å²) in [5, 5.41) is 15.6. The molecule has 7 nitrogen and oxygen atoms in total. The Balaban J connectivity index is 1.49. The molecule has 2 aromatic carbocycles. The molecule has 3 unspecified atom stereocenters. The molecule has 2 bridgehead atoms. The van der Waals surface area contributed by atoms with Crippen LogP contribution in [0.15, 0.2) is 54.6 Å². The van der Waals surface area contributed by atoms with Gasteiger partial charge >= 0.3 is 0 Å². The van der Waals surface area contributed by atoms with E-state index in [1.165, 1.54) is 0 Å². The van der Waals surface area contributed by atoms with E-state index in [2.05, 4.69) is 26.6 Å². The van der Waals surface area contributed by atoms with Gasteiger partial charge < -0.3 is 20.6 Å². The van der Waals surface area contributed by atoms with E-state index in [-0.39, 0.29) is 41.0 Å². The van der Waals surface area contributed by atoms with Gasteiger partial charge in [-0.3, -0.25) is 14.4 Å². The number of carbonyl (C=O) groups excluding carboxylic acids is 3. The molecule has 3 fully saturated rings. The number of rotatable bonds is 7. The monoisotopic (exact) mass is 577 g/mol. The Hall–Kier alpha value is -2.07. The molecule has 6 atom stereocenters. The van der Waals surface area contributed by atoms with Crippen molar-refractivity contribution in [2.75, 3.05) is 23.8 Å². The van der Waals surface area contributed by atoms with E-state index in [4.69, 9.17) is 11.6 Å². The number of hydrogen-bond donors (Lipinski definition) is 3. The van der Waals surface area contributed by atoms with Crippen LogP contribution >= 0.6 is 39.3 Å². The number of aliphatic hydroxyl groups excluding tert-OH is 1. The van der Waals surface area contributed by atoms with Crippen LogP contribution in [0.4, 0.5) is 11.4 Å². The van der Waals surface area contributed by atoms with E-state index in [1.807, 2.05) is 30.3 Å². The molecular formula is C25H25BrClN3O4S. The summed E-state index contributed by atoms with van der Waals surface area (Å²) in [4.78, 5) is 42.6. The quantitative estimate of drug-likeness (QED) is 0.435. The number of aliphatic hydroxyl groups is 1. The highest BCUT2D eigenvalue weighted by molar-refractivity contribution is 9.09. The van der Waals surface area contributed by atoms with Gasteiger partial charge in [-0.25, -0.2) is 0 Å². The molecule has 0 aliphatic carbocycles. The van der Waals surface area contributed by atoms with Crippen molar-refractivity contribution in [3.63, 3.8) is 0 Å². The third kappa shape index (κ3) is 4.16. The fraction of sp³-hybridized carbons (Fsp3) is 0.400. The fourth-order valence-electron chi connectivity index (χ4n) is 5.72. The number of likely N-dealkylation sites (tertiary alicyclic amines) is 1. The summed E-state index contributed by atoms with van der Waals surface area (Å²) in [5.41, 5.74) is 1.14. The molecule has 35 heavy (non-hydrogen) atoms. The van der Waals surface area contributed by atoms with E-state index >= 15 is 0 Å². The SMILES string of the molecule is O=C(Nc1ccccc1Cl)C1N(CCCO)C(=O)[C@@H]2[C@@H](C(=O)Nc3ccccc3)[C@@H]3SC12CC3Br. The number of nitrogens with one attached hydrogen (secondary N) is 2. The van der Waals surface area contributed by atoms with E-state index < -0.39 is 22.6 Å². The molecule has 0 radical (unpaired) electrons. The first-order chi connectivity index (χ1) is 16.9. The van der Waals surface area contributed by atoms with Gasteiger partial charge in [0.25, 0.3) is 0 Å². The van der Waals surface area contributed by atoms with Gasteiger partial charge in [-0.1, -0.05) is 57.9 Å². The molecule has 1 spiro atoms. The summed E-state index contributed by atoms with van der Waals surface area (Å²) in [6.07, 6.45) is 0.932. The van der Waals surface area contributed by atoms with Crippen LogP contribution in [0.3, 0.4) is 0 Å². The van der Waals surface area contributed by atoms with Crippen molar-refractivity contribution >= 4 is 68.4 Å². The third-order valence-electron chi connectivity index (χ3n) is 7.07. The number of halogens is 2. The van der Waals surface area contributed by atoms with Crippen molar-refractivity contribution in [3.05, 3.63) is 59.6 Å². The number of fused-ring (bicyclic) bond motifs is 1. The summed E-state index contributed by atoms with van der Waals surface area (Å²) in [5.74, 6) is -1.96. The lowest BCUT2D eigenvalue weighted by Gasteiger charge is -2.35. The Morgan fingerprint density at radius 1 is 1.11 bits per heavy atom. The maximum atomic E-state index is 13.8. The van der Waals surface area contributed by atoms with Crippen molar-refractivity contribution in [1.29, 1.82) is 0 Å². The second-order valence-corrected chi connectivity index (χ2v) is 12.2. The number of anilines is 2. The molecule has 3 saturated heterocycles. The summed E-state index contributed by atoms with van der Waals surface area (Å²) in [7, 11) is 0. The van der Waals surface area contributed by atoms with E-state index in [1.54, 1.807) is 40.9 Å². The first-order valence-electron chi connectivity index (χ1n) is 11.5. The number of amides is 3. The van der Waals surface area contributed by atoms with Crippen molar-refractivity contribution in [2.24, 2.45) is 11.8 Å². The fourth-order valence-corrected chi connectivity index (χ4v) is 9.52. The number of benzene rings is 2. The molecule has 2 aromatic rings. The number of nitrogens with zero attached hydrogens (tertiary/aromatic N) is 1. The van der Waals surface area contributed by atoms with Crippen molar-refractivity contribution in [2.45, 2.75) is 33.7 Å². The van der Waals surface area contributed by atoms with Crippen molar-refractivity contribution in [3.8, 4) is 0 Å². The second-order valence-electron chi connectivity index (χ2n) is 9.10. The number of alkyl halides is 1. The third-order valence-corrected chi connectivity index (χ3v) is 10.6. The van der Waals surface area contributed by atoms with Gasteiger partial charge in [-0.15, -0.1) is 11.8 Å². The van der Waals surface area contributed by atoms with E-state index in [0.717, 1.165) is 0 Å². The average Bonchev–Trinajstić information content (AvgIpc) is 3.43. The van der Waals surface area contributed by atoms with E-state index in [0.29, 0.717) is 29.2 Å². The van der Waals surface area contributed by atoms with Crippen LogP contribution in [-0.2, 0) is 14.4 Å². The minimum absolute atomic E-state index is 0.0171. The zero-order chi connectivity index (χ0) is 24.7. The predicted molar refractivity (Wildman–Crippen MR) is 141 cm³/mol. The molecule has 3 amide bonds. The molecule has 5 rings (SSSR count). The van der Waals surface area contributed by atoms with Crippen LogP contribution in [0.2, 0.25) is 5.02 Å². The minimum atomic E-state index is -0.785. The maximum Gasteiger partial charge on any atom is 0.248 e. The van der Waals surface area contributed by atoms with Crippen molar-refractivity contribution in [1.82, 2.24) is 4.90 Å². The molecular weight excluding hydrogens is 554 g/mol. The number of thioether (sulfide) groups is 1. The standard InChI is InChI=1S/C25H25BrClN3O4S/c26-15-13-25-19(18(20(15)35-25)22(32)28-14-7-2-1-3-8-14)24(34)30(11-6-12-31)21(25)23(33)29-17-10-5-4-9-16(17)27/h1-5,7-10,15,18-21,31H,6,11-13H2,(H,28,32)(H,29,33)/t15?,18-,19+,20-,21?,25?/m1/s1. The Labute approximate surface area is 221 Å². The summed E-state index contributed by atoms with van der Waals surface area (Å²) < 4.78 is -0.755. The minimum Gasteiger partial charge on any atom is -0.396 e. The van der Waals surface area contributed by atoms with Gasteiger partial charge in [0.05, 0.1) is 27.3 Å². The Morgan fingerprint density at radius 3 is 2.54 bits per heavy atom. The maximum absolute atomic E-state index is 13.8. The normalized spacial score (nSPS) is 30.9. The van der Waals surface area contributed by atoms with E-state index in [9.17, 15) is 19.5 Å². The molecule has 3 aliphatic heterocycles. The van der Waals surface area contributed by atoms with Crippen LogP contribution in [0, 0.1) is 11.8 Å². The molecule has 3 N–H and O–H groups in total. The first-order valence-corrected chi connectivity index (χ1v) is 13.7. The highest BCUT2D eigenvalue weighted by Gasteiger charge is 2.75. The van der Waals surface area contributed by atoms with Gasteiger partial charge in [-0.2, -0.15) is 0 Å². The number of carbonyl (C=O) groups is 3. The van der Waals surface area contributed by atoms with Crippen LogP contribution in [0.25, 0.3) is 0 Å². The summed E-state index contributed by atoms with van der Waals surface area (Å²) in [6, 6.07) is 15.3. The lowest BCUT2D eigenvalue weighted by molar-refractivity contribution is -0.138. The zero-order valence-corrected chi connectivity index (χ0v) is 21.9. The Kier molecular flexibility index (Phi) is 6.87. The Morgan fingerprint density at radius 2 is 1.83 bits per heavy atom. The largest absolute Gasteiger partial charge is 0.396 e. The molecule has 0 saturated carbocycles. The second kappa shape index (κ2) is 9.76. The molecule has 10 heteroatoms. The first kappa shape index (κ1) is 24.6. The Bertz CT molecular complexity index is 1150. The van der Waals surface area contributed by atoms with Gasteiger partial charge in [0, 0.05) is 28.9 Å². The van der Waals surface area contributed by atoms with Crippen LogP contribution < -0.4 is 10.6 Å². The number of hydrogen-bond acceptors (Lipinski definition) is 5. The topological polar surface area (TPSA) is 98.7 Å². The van der Waals surface area contributed by atoms with Crippen LogP contribution in [0.1, 0.15) is 12.8 Å². The smallest absolute Gasteiger partial charge is 0.248 e. The molecule has 3 aliphatic rings. The summed E-state index contributed by atoms with van der Waals surface area (Å²) >= 11 is 11.6.